The molecule has 3 N–H and O–H groups in total. The van der Waals surface area contributed by atoms with Crippen LogP contribution in [-0.4, -0.2) is 69.8 Å². The molecule has 1 aliphatic heterocycles. The monoisotopic (exact) mass is 527 g/mol. The minimum absolute atomic E-state index is 0.129. The molecule has 2 unspecified atom stereocenters. The number of nitrogens with one attached hydrogen (secondary N) is 1. The van der Waals surface area contributed by atoms with Crippen molar-refractivity contribution in [2.24, 2.45) is 11.7 Å². The number of halogens is 1. The Balaban J connectivity index is 1.44. The fraction of sp³-hybridized carbons (Fsp3) is 0.400. The number of carbonyl (C=O) groups excluding carboxylic acids is 2. The van der Waals surface area contributed by atoms with Crippen LogP contribution in [0.3, 0.4) is 0 Å². The second-order valence-electron chi connectivity index (χ2n) is 9.06. The first-order valence-corrected chi connectivity index (χ1v) is 12.2. The third-order valence-electron chi connectivity index (χ3n) is 6.66. The Labute approximate surface area is 219 Å². The summed E-state index contributed by atoms with van der Waals surface area (Å²) in [7, 11) is 3.21. The molecule has 1 fully saturated rings. The molecule has 1 aromatic heterocycles. The van der Waals surface area contributed by atoms with Gasteiger partial charge in [0.1, 0.15) is 17.8 Å². The van der Waals surface area contributed by atoms with Crippen LogP contribution in [0.2, 0.25) is 5.02 Å². The lowest BCUT2D eigenvalue weighted by atomic mass is 9.96. The van der Waals surface area contributed by atoms with Crippen LogP contribution in [0.4, 0.5) is 0 Å². The Bertz CT molecular complexity index is 1230. The molecule has 2 aromatic carbocycles. The van der Waals surface area contributed by atoms with Gasteiger partial charge in [-0.15, -0.1) is 5.10 Å². The second kappa shape index (κ2) is 11.6. The van der Waals surface area contributed by atoms with Crippen molar-refractivity contribution >= 4 is 23.4 Å². The molecular formula is C25H30ClN7O4. The van der Waals surface area contributed by atoms with Gasteiger partial charge in [-0.2, -0.15) is 0 Å². The first-order chi connectivity index (χ1) is 17.8. The highest BCUT2D eigenvalue weighted by Gasteiger charge is 2.40. The Morgan fingerprint density at radius 1 is 1.19 bits per heavy atom. The molecule has 4 rings (SSSR count). The zero-order chi connectivity index (χ0) is 26.5. The Morgan fingerprint density at radius 3 is 2.54 bits per heavy atom. The predicted octanol–water partition coefficient (Wildman–Crippen LogP) is 1.76. The molecule has 0 aliphatic carbocycles. The topological polar surface area (TPSA) is 137 Å². The number of methoxy groups -OCH3 is 2. The summed E-state index contributed by atoms with van der Waals surface area (Å²) < 4.78 is 12.3. The van der Waals surface area contributed by atoms with E-state index in [1.807, 2.05) is 23.1 Å². The highest BCUT2D eigenvalue weighted by molar-refractivity contribution is 6.30. The number of primary amides is 1. The number of hydrogen-bond donors (Lipinski definition) is 2. The normalized spacial score (nSPS) is 18.4. The van der Waals surface area contributed by atoms with E-state index in [1.54, 1.807) is 39.3 Å². The number of tetrazole rings is 1. The van der Waals surface area contributed by atoms with Gasteiger partial charge in [-0.05, 0) is 77.6 Å². The number of rotatable bonds is 10. The van der Waals surface area contributed by atoms with Gasteiger partial charge in [0, 0.05) is 24.2 Å². The molecular weight excluding hydrogens is 498 g/mol. The lowest BCUT2D eigenvalue weighted by molar-refractivity contribution is -0.129. The van der Waals surface area contributed by atoms with E-state index in [0.29, 0.717) is 41.6 Å². The van der Waals surface area contributed by atoms with Crippen LogP contribution in [0.5, 0.6) is 11.5 Å². The molecule has 196 valence electrons. The maximum Gasteiger partial charge on any atom is 0.237 e. The molecule has 0 radical (unpaired) electrons. The van der Waals surface area contributed by atoms with Crippen LogP contribution in [0.25, 0.3) is 5.69 Å². The lowest BCUT2D eigenvalue weighted by Crippen LogP contribution is -2.51. The predicted molar refractivity (Wildman–Crippen MR) is 137 cm³/mol. The van der Waals surface area contributed by atoms with E-state index in [4.69, 9.17) is 26.8 Å². The molecule has 37 heavy (non-hydrogen) atoms. The number of likely N-dealkylation sites (tertiary alicyclic amines) is 1. The van der Waals surface area contributed by atoms with E-state index < -0.39 is 18.0 Å². The Kier molecular flexibility index (Phi) is 8.24. The number of amides is 2. The van der Waals surface area contributed by atoms with E-state index in [9.17, 15) is 9.59 Å². The second-order valence-corrected chi connectivity index (χ2v) is 9.50. The van der Waals surface area contributed by atoms with Crippen LogP contribution in [0.1, 0.15) is 24.5 Å². The molecule has 1 aliphatic rings. The summed E-state index contributed by atoms with van der Waals surface area (Å²) >= 11 is 6.19. The number of ether oxygens (including phenoxy) is 2. The van der Waals surface area contributed by atoms with Gasteiger partial charge < -0.3 is 20.5 Å². The molecule has 1 saturated heterocycles. The number of carbonyl (C=O) groups is 2. The minimum atomic E-state index is -0.571. The average Bonchev–Trinajstić information content (AvgIpc) is 3.57. The smallest absolute Gasteiger partial charge is 0.237 e. The number of aromatic nitrogens is 4. The largest absolute Gasteiger partial charge is 0.497 e. The van der Waals surface area contributed by atoms with Gasteiger partial charge in [-0.1, -0.05) is 11.6 Å². The van der Waals surface area contributed by atoms with Crippen molar-refractivity contribution in [2.45, 2.75) is 38.4 Å². The molecule has 3 aromatic rings. The third-order valence-corrected chi connectivity index (χ3v) is 6.89. The molecule has 0 bridgehead atoms. The molecule has 12 heteroatoms. The van der Waals surface area contributed by atoms with Crippen molar-refractivity contribution in [3.8, 4) is 17.2 Å². The van der Waals surface area contributed by atoms with Crippen LogP contribution < -0.4 is 20.5 Å². The highest BCUT2D eigenvalue weighted by Crippen LogP contribution is 2.31. The van der Waals surface area contributed by atoms with Gasteiger partial charge in [0.15, 0.2) is 0 Å². The summed E-state index contributed by atoms with van der Waals surface area (Å²) in [4.78, 5) is 27.3. The van der Waals surface area contributed by atoms with Gasteiger partial charge >= 0.3 is 0 Å². The van der Waals surface area contributed by atoms with Crippen molar-refractivity contribution in [1.82, 2.24) is 30.4 Å². The van der Waals surface area contributed by atoms with E-state index >= 15 is 0 Å². The Hall–Kier alpha value is -3.70. The quantitative estimate of drug-likeness (QED) is 0.407. The zero-order valence-electron chi connectivity index (χ0n) is 20.9. The fourth-order valence-corrected chi connectivity index (χ4v) is 4.99. The summed E-state index contributed by atoms with van der Waals surface area (Å²) in [5.74, 6) is 0.860. The van der Waals surface area contributed by atoms with Crippen LogP contribution >= 0.6 is 11.6 Å². The third kappa shape index (κ3) is 6.17. The lowest BCUT2D eigenvalue weighted by Gasteiger charge is -2.28. The summed E-state index contributed by atoms with van der Waals surface area (Å²) in [5, 5.41) is 14.7. The molecule has 2 amide bonds. The number of hydrogen-bond acceptors (Lipinski definition) is 8. The van der Waals surface area contributed by atoms with E-state index in [-0.39, 0.29) is 18.4 Å². The van der Waals surface area contributed by atoms with E-state index in [2.05, 4.69) is 20.8 Å². The van der Waals surface area contributed by atoms with E-state index in [1.165, 1.54) is 11.0 Å². The first kappa shape index (κ1) is 26.4. The minimum Gasteiger partial charge on any atom is -0.497 e. The summed E-state index contributed by atoms with van der Waals surface area (Å²) in [6, 6.07) is 9.87. The molecule has 11 nitrogen and oxygen atoms in total. The fourth-order valence-electron chi connectivity index (χ4n) is 4.80. The standard InChI is InChI=1S/C25H30ClN7O4/c1-15(25(35)28-12-18-10-19(26)4-5-22(18)33-14-29-30-31-33)32-13-17(9-23(32)24(27)34)6-16-7-20(36-2)11-21(8-16)37-3/h4-5,7-8,10-11,14-15,17,23H,6,9,12-13H2,1-3H3,(H2,27,34)(H,28,35)/t15-,17?,23?/m0/s1. The summed E-state index contributed by atoms with van der Waals surface area (Å²) in [6.07, 6.45) is 2.72. The van der Waals surface area contributed by atoms with Gasteiger partial charge in [0.05, 0.1) is 32.0 Å². The maximum atomic E-state index is 13.2. The highest BCUT2D eigenvalue weighted by atomic mass is 35.5. The summed E-state index contributed by atoms with van der Waals surface area (Å²) in [6.45, 7) is 2.54. The molecule has 2 heterocycles. The van der Waals surface area contributed by atoms with Crippen molar-refractivity contribution in [2.75, 3.05) is 20.8 Å². The van der Waals surface area contributed by atoms with Crippen molar-refractivity contribution < 1.29 is 19.1 Å². The van der Waals surface area contributed by atoms with Gasteiger partial charge in [-0.25, -0.2) is 4.68 Å². The maximum absolute atomic E-state index is 13.2. The van der Waals surface area contributed by atoms with Gasteiger partial charge in [0.25, 0.3) is 0 Å². The van der Waals surface area contributed by atoms with Crippen molar-refractivity contribution in [3.05, 3.63) is 58.9 Å². The van der Waals surface area contributed by atoms with E-state index in [0.717, 1.165) is 11.1 Å². The molecule has 0 spiro atoms. The number of nitrogens with zero attached hydrogens (tertiary/aromatic N) is 5. The van der Waals surface area contributed by atoms with Crippen LogP contribution in [0.15, 0.2) is 42.7 Å². The molecule has 0 saturated carbocycles. The van der Waals surface area contributed by atoms with Crippen molar-refractivity contribution in [3.63, 3.8) is 0 Å². The van der Waals surface area contributed by atoms with Crippen LogP contribution in [0, 0.1) is 5.92 Å². The molecule has 3 atom stereocenters. The van der Waals surface area contributed by atoms with Gasteiger partial charge in [0.2, 0.25) is 11.8 Å². The summed E-state index contributed by atoms with van der Waals surface area (Å²) in [5.41, 5.74) is 8.22. The van der Waals surface area contributed by atoms with Gasteiger partial charge in [-0.3, -0.25) is 14.5 Å². The Morgan fingerprint density at radius 2 is 1.92 bits per heavy atom. The number of nitrogens with two attached hydrogens (primary N) is 1. The SMILES string of the molecule is COc1cc(CC2CC(C(N)=O)N([C@@H](C)C(=O)NCc3cc(Cl)ccc3-n3cnnn3)C2)cc(OC)c1. The van der Waals surface area contributed by atoms with Crippen LogP contribution in [-0.2, 0) is 22.6 Å². The number of benzene rings is 2. The van der Waals surface area contributed by atoms with Crippen molar-refractivity contribution in [1.29, 1.82) is 0 Å². The first-order valence-electron chi connectivity index (χ1n) is 11.9. The average molecular weight is 528 g/mol. The zero-order valence-corrected chi connectivity index (χ0v) is 21.7.